The quantitative estimate of drug-likeness (QED) is 0.923. The number of likely N-dealkylation sites (tertiary alicyclic amines) is 1. The molecule has 0 aliphatic carbocycles. The molecule has 0 aromatic carbocycles. The number of urea groups is 1. The predicted octanol–water partition coefficient (Wildman–Crippen LogP) is 1.71. The van der Waals surface area contributed by atoms with E-state index in [9.17, 15) is 4.79 Å². The van der Waals surface area contributed by atoms with Crippen LogP contribution in [0.1, 0.15) is 35.3 Å². The van der Waals surface area contributed by atoms with Crippen molar-refractivity contribution in [2.45, 2.75) is 32.1 Å². The van der Waals surface area contributed by atoms with Gasteiger partial charge >= 0.3 is 6.03 Å². The molecule has 23 heavy (non-hydrogen) atoms. The zero-order valence-corrected chi connectivity index (χ0v) is 14.3. The maximum absolute atomic E-state index is 12.3. The summed E-state index contributed by atoms with van der Waals surface area (Å²) in [7, 11) is 1.95. The van der Waals surface area contributed by atoms with E-state index in [0.29, 0.717) is 13.1 Å². The lowest BCUT2D eigenvalue weighted by atomic mass is 9.97. The number of hydrogen-bond acceptors (Lipinski definition) is 5. The first-order chi connectivity index (χ1) is 11.1. The van der Waals surface area contributed by atoms with Crippen LogP contribution in [0.2, 0.25) is 0 Å². The number of thiazole rings is 1. The fourth-order valence-corrected chi connectivity index (χ4v) is 3.61. The van der Waals surface area contributed by atoms with E-state index in [1.165, 1.54) is 0 Å². The molecule has 0 radical (unpaired) electrons. The van der Waals surface area contributed by atoms with Gasteiger partial charge in [0.05, 0.1) is 10.7 Å². The minimum atomic E-state index is 0.00354. The highest BCUT2D eigenvalue weighted by molar-refractivity contribution is 7.09. The van der Waals surface area contributed by atoms with Gasteiger partial charge in [0.25, 0.3) is 0 Å². The molecule has 0 spiro atoms. The monoisotopic (exact) mass is 334 g/mol. The van der Waals surface area contributed by atoms with E-state index in [2.05, 4.69) is 20.5 Å². The van der Waals surface area contributed by atoms with E-state index < -0.39 is 0 Å². The summed E-state index contributed by atoms with van der Waals surface area (Å²) in [5.74, 6) is 1.23. The number of amides is 2. The van der Waals surface area contributed by atoms with Crippen LogP contribution in [-0.2, 0) is 13.5 Å². The summed E-state index contributed by atoms with van der Waals surface area (Å²) in [4.78, 5) is 18.6. The largest absolute Gasteiger partial charge is 0.338 e. The number of hydrogen-bond donors (Lipinski definition) is 1. The van der Waals surface area contributed by atoms with Gasteiger partial charge in [-0.2, -0.15) is 0 Å². The van der Waals surface area contributed by atoms with Crippen LogP contribution in [0.15, 0.2) is 11.7 Å². The van der Waals surface area contributed by atoms with Crippen molar-refractivity contribution in [2.24, 2.45) is 7.05 Å². The van der Waals surface area contributed by atoms with E-state index in [1.807, 2.05) is 28.8 Å². The number of nitrogens with zero attached hydrogens (tertiary/aromatic N) is 5. The minimum absolute atomic E-state index is 0.00354. The summed E-state index contributed by atoms with van der Waals surface area (Å²) in [5, 5.41) is 14.2. The number of piperidine rings is 1. The third-order valence-electron chi connectivity index (χ3n) is 4.14. The van der Waals surface area contributed by atoms with E-state index in [0.717, 1.165) is 42.3 Å². The van der Waals surface area contributed by atoms with Gasteiger partial charge in [0.15, 0.2) is 0 Å². The van der Waals surface area contributed by atoms with Gasteiger partial charge < -0.3 is 14.8 Å². The average Bonchev–Trinajstić information content (AvgIpc) is 3.16. The summed E-state index contributed by atoms with van der Waals surface area (Å²) in [5.41, 5.74) is 1.04. The van der Waals surface area contributed by atoms with Crippen LogP contribution in [0.4, 0.5) is 4.79 Å². The van der Waals surface area contributed by atoms with E-state index in [4.69, 9.17) is 0 Å². The normalized spacial score (nSPS) is 18.2. The first-order valence-electron chi connectivity index (χ1n) is 7.91. The Morgan fingerprint density at radius 1 is 1.52 bits per heavy atom. The molecule has 124 valence electrons. The minimum Gasteiger partial charge on any atom is -0.338 e. The standard InChI is InChI=1S/C15H22N6OS/c1-11-18-13(9-23-11)5-6-16-15(22)21-7-3-4-12(8-21)14-19-17-10-20(14)2/h9-10,12H,3-8H2,1-2H3,(H,16,22)/t12-/m0/s1. The van der Waals surface area contributed by atoms with Gasteiger partial charge in [-0.3, -0.25) is 0 Å². The summed E-state index contributed by atoms with van der Waals surface area (Å²) < 4.78 is 1.94. The Balaban J connectivity index is 1.50. The average molecular weight is 334 g/mol. The second kappa shape index (κ2) is 7.08. The SMILES string of the molecule is Cc1nc(CCNC(=O)N2CCC[C@H](c3nncn3C)C2)cs1. The summed E-state index contributed by atoms with van der Waals surface area (Å²) in [6, 6.07) is 0.00354. The molecule has 1 fully saturated rings. The molecule has 7 nitrogen and oxygen atoms in total. The van der Waals surface area contributed by atoms with E-state index >= 15 is 0 Å². The van der Waals surface area contributed by atoms with Crippen LogP contribution in [-0.4, -0.2) is 50.3 Å². The summed E-state index contributed by atoms with van der Waals surface area (Å²) in [6.45, 7) is 4.12. The second-order valence-electron chi connectivity index (χ2n) is 5.93. The van der Waals surface area contributed by atoms with Crippen LogP contribution < -0.4 is 5.32 Å². The van der Waals surface area contributed by atoms with E-state index in [1.54, 1.807) is 17.7 Å². The lowest BCUT2D eigenvalue weighted by molar-refractivity contribution is 0.178. The molecular formula is C15H22N6OS. The molecule has 1 aliphatic rings. The molecular weight excluding hydrogens is 312 g/mol. The van der Waals surface area contributed by atoms with Crippen molar-refractivity contribution >= 4 is 17.4 Å². The molecule has 1 atom stereocenters. The molecule has 3 heterocycles. The fraction of sp³-hybridized carbons (Fsp3) is 0.600. The number of nitrogens with one attached hydrogen (secondary N) is 1. The Bertz CT molecular complexity index is 666. The van der Waals surface area contributed by atoms with Crippen LogP contribution in [0.3, 0.4) is 0 Å². The fourth-order valence-electron chi connectivity index (χ4n) is 2.97. The van der Waals surface area contributed by atoms with Crippen molar-refractivity contribution in [3.63, 3.8) is 0 Å². The Kier molecular flexibility index (Phi) is 4.90. The Morgan fingerprint density at radius 2 is 2.39 bits per heavy atom. The van der Waals surface area contributed by atoms with Crippen LogP contribution in [0.25, 0.3) is 0 Å². The second-order valence-corrected chi connectivity index (χ2v) is 6.99. The highest BCUT2D eigenvalue weighted by atomic mass is 32.1. The van der Waals surface area contributed by atoms with Gasteiger partial charge in [-0.25, -0.2) is 9.78 Å². The Morgan fingerprint density at radius 3 is 3.09 bits per heavy atom. The molecule has 2 aromatic rings. The van der Waals surface area contributed by atoms with Crippen molar-refractivity contribution in [2.75, 3.05) is 19.6 Å². The zero-order chi connectivity index (χ0) is 16.2. The maximum atomic E-state index is 12.3. The molecule has 0 bridgehead atoms. The number of carbonyl (C=O) groups is 1. The van der Waals surface area contributed by atoms with E-state index in [-0.39, 0.29) is 11.9 Å². The molecule has 1 N–H and O–H groups in total. The first-order valence-corrected chi connectivity index (χ1v) is 8.79. The van der Waals surface area contributed by atoms with Gasteiger partial charge in [-0.05, 0) is 19.8 Å². The van der Waals surface area contributed by atoms with Crippen molar-refractivity contribution in [3.05, 3.63) is 28.2 Å². The van der Waals surface area contributed by atoms with Crippen LogP contribution in [0, 0.1) is 6.92 Å². The molecule has 8 heteroatoms. The smallest absolute Gasteiger partial charge is 0.317 e. The van der Waals surface area contributed by atoms with Gasteiger partial charge in [0.2, 0.25) is 0 Å². The highest BCUT2D eigenvalue weighted by Gasteiger charge is 2.27. The molecule has 2 amide bonds. The van der Waals surface area contributed by atoms with Gasteiger partial charge in [0, 0.05) is 44.4 Å². The lowest BCUT2D eigenvalue weighted by Crippen LogP contribution is -2.45. The maximum Gasteiger partial charge on any atom is 0.317 e. The van der Waals surface area contributed by atoms with Gasteiger partial charge in [-0.1, -0.05) is 0 Å². The number of rotatable bonds is 4. The van der Waals surface area contributed by atoms with Gasteiger partial charge in [-0.15, -0.1) is 21.5 Å². The molecule has 0 saturated carbocycles. The van der Waals surface area contributed by atoms with Crippen LogP contribution in [0.5, 0.6) is 0 Å². The lowest BCUT2D eigenvalue weighted by Gasteiger charge is -2.32. The summed E-state index contributed by atoms with van der Waals surface area (Å²) in [6.07, 6.45) is 4.53. The number of carbonyl (C=O) groups excluding carboxylic acids is 1. The number of aryl methyl sites for hydroxylation is 2. The number of aromatic nitrogens is 4. The Hall–Kier alpha value is -1.96. The molecule has 0 unspecified atom stereocenters. The van der Waals surface area contributed by atoms with Crippen molar-refractivity contribution in [1.82, 2.24) is 30.0 Å². The molecule has 1 aliphatic heterocycles. The van der Waals surface area contributed by atoms with Crippen molar-refractivity contribution < 1.29 is 4.79 Å². The van der Waals surface area contributed by atoms with Gasteiger partial charge in [0.1, 0.15) is 12.2 Å². The third-order valence-corrected chi connectivity index (χ3v) is 4.97. The third kappa shape index (κ3) is 3.87. The zero-order valence-electron chi connectivity index (χ0n) is 13.5. The first kappa shape index (κ1) is 15.9. The molecule has 2 aromatic heterocycles. The topological polar surface area (TPSA) is 75.9 Å². The molecule has 3 rings (SSSR count). The van der Waals surface area contributed by atoms with Crippen molar-refractivity contribution in [3.8, 4) is 0 Å². The summed E-state index contributed by atoms with van der Waals surface area (Å²) >= 11 is 1.64. The van der Waals surface area contributed by atoms with Crippen molar-refractivity contribution in [1.29, 1.82) is 0 Å². The predicted molar refractivity (Wildman–Crippen MR) is 88.5 cm³/mol. The van der Waals surface area contributed by atoms with Crippen LogP contribution >= 0.6 is 11.3 Å². The Labute approximate surface area is 139 Å². The molecule has 1 saturated heterocycles. The highest BCUT2D eigenvalue weighted by Crippen LogP contribution is 2.24.